The van der Waals surface area contributed by atoms with Crippen molar-refractivity contribution in [1.29, 1.82) is 0 Å². The molecule has 104 valence electrons. The molecule has 0 aromatic heterocycles. The van der Waals surface area contributed by atoms with Crippen LogP contribution in [0.1, 0.15) is 32.3 Å². The largest absolute Gasteiger partial charge is 0.314 e. The number of nitro benzene ring substituents is 1. The predicted octanol–water partition coefficient (Wildman–Crippen LogP) is 3.16. The first-order valence-corrected chi connectivity index (χ1v) is 7.03. The summed E-state index contributed by atoms with van der Waals surface area (Å²) in [6, 6.07) is 7.51. The highest BCUT2D eigenvalue weighted by atomic mass is 16.6. The molecule has 0 spiro atoms. The van der Waals surface area contributed by atoms with Crippen molar-refractivity contribution in [3.63, 3.8) is 0 Å². The van der Waals surface area contributed by atoms with E-state index in [1.807, 2.05) is 12.1 Å². The highest BCUT2D eigenvalue weighted by molar-refractivity contribution is 5.32. The summed E-state index contributed by atoms with van der Waals surface area (Å²) in [6.07, 6.45) is 3.51. The van der Waals surface area contributed by atoms with Gasteiger partial charge in [0, 0.05) is 18.2 Å². The molecule has 0 atom stereocenters. The van der Waals surface area contributed by atoms with Crippen molar-refractivity contribution in [3.05, 3.63) is 39.9 Å². The highest BCUT2D eigenvalue weighted by Gasteiger charge is 2.30. The molecule has 2 rings (SSSR count). The topological polar surface area (TPSA) is 55.2 Å². The van der Waals surface area contributed by atoms with E-state index in [-0.39, 0.29) is 10.6 Å². The molecule has 0 bridgehead atoms. The van der Waals surface area contributed by atoms with E-state index in [0.717, 1.165) is 30.4 Å². The average Bonchev–Trinajstić information content (AvgIpc) is 2.32. The van der Waals surface area contributed by atoms with Crippen LogP contribution in [-0.2, 0) is 6.42 Å². The summed E-state index contributed by atoms with van der Waals surface area (Å²) in [5.74, 6) is 1.68. The fourth-order valence-corrected chi connectivity index (χ4v) is 2.58. The standard InChI is InChI=1S/C15H22N2O2/c1-11(2)13-9-14(10-13)16-8-7-12-3-5-15(6-4-12)17(18)19/h3-6,11,13-14,16H,7-10H2,1-2H3. The molecule has 0 unspecified atom stereocenters. The van der Waals surface area contributed by atoms with E-state index in [1.54, 1.807) is 12.1 Å². The minimum Gasteiger partial charge on any atom is -0.314 e. The molecule has 1 aliphatic rings. The molecule has 0 heterocycles. The van der Waals surface area contributed by atoms with E-state index < -0.39 is 0 Å². The first kappa shape index (κ1) is 14.0. The monoisotopic (exact) mass is 262 g/mol. The molecular formula is C15H22N2O2. The maximum Gasteiger partial charge on any atom is 0.269 e. The van der Waals surface area contributed by atoms with E-state index >= 15 is 0 Å². The first-order chi connectivity index (χ1) is 9.06. The van der Waals surface area contributed by atoms with Crippen molar-refractivity contribution in [2.75, 3.05) is 6.54 Å². The third-order valence-corrected chi connectivity index (χ3v) is 4.11. The molecule has 4 nitrogen and oxygen atoms in total. The van der Waals surface area contributed by atoms with Gasteiger partial charge < -0.3 is 5.32 Å². The smallest absolute Gasteiger partial charge is 0.269 e. The second kappa shape index (κ2) is 6.15. The number of nitrogens with zero attached hydrogens (tertiary/aromatic N) is 1. The molecule has 1 N–H and O–H groups in total. The van der Waals surface area contributed by atoms with Crippen molar-refractivity contribution in [2.45, 2.75) is 39.2 Å². The summed E-state index contributed by atoms with van der Waals surface area (Å²) in [5, 5.41) is 14.1. The van der Waals surface area contributed by atoms with Gasteiger partial charge in [-0.1, -0.05) is 26.0 Å². The van der Waals surface area contributed by atoms with Crippen LogP contribution in [0.15, 0.2) is 24.3 Å². The minimum absolute atomic E-state index is 0.162. The maximum absolute atomic E-state index is 10.5. The van der Waals surface area contributed by atoms with Gasteiger partial charge in [0.2, 0.25) is 0 Å². The summed E-state index contributed by atoms with van der Waals surface area (Å²) < 4.78 is 0. The van der Waals surface area contributed by atoms with Crippen LogP contribution < -0.4 is 5.32 Å². The van der Waals surface area contributed by atoms with Gasteiger partial charge in [-0.05, 0) is 43.2 Å². The third-order valence-electron chi connectivity index (χ3n) is 4.11. The Balaban J connectivity index is 1.68. The first-order valence-electron chi connectivity index (χ1n) is 7.03. The second-order valence-corrected chi connectivity index (χ2v) is 5.80. The second-order valence-electron chi connectivity index (χ2n) is 5.80. The molecule has 0 radical (unpaired) electrons. The van der Waals surface area contributed by atoms with Crippen LogP contribution in [0.2, 0.25) is 0 Å². The Kier molecular flexibility index (Phi) is 4.53. The fourth-order valence-electron chi connectivity index (χ4n) is 2.58. The lowest BCUT2D eigenvalue weighted by atomic mass is 9.73. The van der Waals surface area contributed by atoms with E-state index in [9.17, 15) is 10.1 Å². The molecule has 0 saturated heterocycles. The number of non-ortho nitro benzene ring substituents is 1. The molecule has 0 aliphatic heterocycles. The third kappa shape index (κ3) is 3.77. The van der Waals surface area contributed by atoms with Crippen molar-refractivity contribution < 1.29 is 4.92 Å². The Bertz CT molecular complexity index is 422. The van der Waals surface area contributed by atoms with Gasteiger partial charge in [0.25, 0.3) is 5.69 Å². The van der Waals surface area contributed by atoms with Gasteiger partial charge in [0.15, 0.2) is 0 Å². The normalized spacial score (nSPS) is 22.3. The minimum atomic E-state index is -0.359. The molecule has 0 amide bonds. The van der Waals surface area contributed by atoms with E-state index in [0.29, 0.717) is 6.04 Å². The number of hydrogen-bond acceptors (Lipinski definition) is 3. The number of benzene rings is 1. The Morgan fingerprint density at radius 1 is 1.32 bits per heavy atom. The molecular weight excluding hydrogens is 240 g/mol. The molecule has 1 aromatic rings. The maximum atomic E-state index is 10.5. The summed E-state index contributed by atoms with van der Waals surface area (Å²) in [6.45, 7) is 5.53. The zero-order chi connectivity index (χ0) is 13.8. The average molecular weight is 262 g/mol. The molecule has 1 aromatic carbocycles. The van der Waals surface area contributed by atoms with Gasteiger partial charge in [-0.3, -0.25) is 10.1 Å². The van der Waals surface area contributed by atoms with Crippen LogP contribution in [0.4, 0.5) is 5.69 Å². The van der Waals surface area contributed by atoms with E-state index in [4.69, 9.17) is 0 Å². The SMILES string of the molecule is CC(C)C1CC(NCCc2ccc([N+](=O)[O-])cc2)C1. The van der Waals surface area contributed by atoms with Crippen LogP contribution in [0.3, 0.4) is 0 Å². The Morgan fingerprint density at radius 3 is 2.47 bits per heavy atom. The Morgan fingerprint density at radius 2 is 1.95 bits per heavy atom. The lowest BCUT2D eigenvalue weighted by Crippen LogP contribution is -2.43. The number of nitro groups is 1. The zero-order valence-electron chi connectivity index (χ0n) is 11.6. The van der Waals surface area contributed by atoms with Gasteiger partial charge in [0.05, 0.1) is 4.92 Å². The van der Waals surface area contributed by atoms with Crippen molar-refractivity contribution in [1.82, 2.24) is 5.32 Å². The van der Waals surface area contributed by atoms with Crippen LogP contribution >= 0.6 is 0 Å². The fraction of sp³-hybridized carbons (Fsp3) is 0.600. The van der Waals surface area contributed by atoms with E-state index in [1.165, 1.54) is 12.8 Å². The summed E-state index contributed by atoms with van der Waals surface area (Å²) in [7, 11) is 0. The Hall–Kier alpha value is -1.42. The quantitative estimate of drug-likeness (QED) is 0.633. The summed E-state index contributed by atoms with van der Waals surface area (Å²) in [4.78, 5) is 10.2. The number of nitrogens with one attached hydrogen (secondary N) is 1. The van der Waals surface area contributed by atoms with Crippen molar-refractivity contribution >= 4 is 5.69 Å². The van der Waals surface area contributed by atoms with E-state index in [2.05, 4.69) is 19.2 Å². The summed E-state index contributed by atoms with van der Waals surface area (Å²) >= 11 is 0. The van der Waals surface area contributed by atoms with Gasteiger partial charge in [-0.2, -0.15) is 0 Å². The predicted molar refractivity (Wildman–Crippen MR) is 76.2 cm³/mol. The van der Waals surface area contributed by atoms with Crippen LogP contribution in [0, 0.1) is 22.0 Å². The number of hydrogen-bond donors (Lipinski definition) is 1. The van der Waals surface area contributed by atoms with Gasteiger partial charge >= 0.3 is 0 Å². The number of rotatable bonds is 6. The molecule has 4 heteroatoms. The van der Waals surface area contributed by atoms with Gasteiger partial charge in [0.1, 0.15) is 0 Å². The van der Waals surface area contributed by atoms with Crippen LogP contribution in [0.25, 0.3) is 0 Å². The zero-order valence-corrected chi connectivity index (χ0v) is 11.6. The van der Waals surface area contributed by atoms with Crippen molar-refractivity contribution in [2.24, 2.45) is 11.8 Å². The molecule has 1 saturated carbocycles. The molecule has 19 heavy (non-hydrogen) atoms. The lowest BCUT2D eigenvalue weighted by Gasteiger charge is -2.38. The summed E-state index contributed by atoms with van der Waals surface area (Å²) in [5.41, 5.74) is 1.31. The molecule has 1 aliphatic carbocycles. The van der Waals surface area contributed by atoms with Crippen molar-refractivity contribution in [3.8, 4) is 0 Å². The van der Waals surface area contributed by atoms with Gasteiger partial charge in [-0.15, -0.1) is 0 Å². The van der Waals surface area contributed by atoms with Crippen LogP contribution in [0.5, 0.6) is 0 Å². The van der Waals surface area contributed by atoms with Gasteiger partial charge in [-0.25, -0.2) is 0 Å². The highest BCUT2D eigenvalue weighted by Crippen LogP contribution is 2.33. The Labute approximate surface area is 114 Å². The lowest BCUT2D eigenvalue weighted by molar-refractivity contribution is -0.384. The van der Waals surface area contributed by atoms with Crippen LogP contribution in [-0.4, -0.2) is 17.5 Å². The molecule has 1 fully saturated rings.